The number of carbonyl (C=O) groups is 1. The van der Waals surface area contributed by atoms with Crippen molar-refractivity contribution in [1.29, 1.82) is 0 Å². The number of pyridine rings is 1. The predicted molar refractivity (Wildman–Crippen MR) is 106 cm³/mol. The molecule has 26 heavy (non-hydrogen) atoms. The number of rotatable bonds is 7. The normalized spacial score (nSPS) is 11.3. The van der Waals surface area contributed by atoms with Crippen molar-refractivity contribution in [3.8, 4) is 0 Å². The van der Waals surface area contributed by atoms with E-state index in [4.69, 9.17) is 40.5 Å². The third kappa shape index (κ3) is 5.67. The number of primary amides is 1. The average molecular weight is 414 g/mol. The first-order valence-electron chi connectivity index (χ1n) is 7.24. The lowest BCUT2D eigenvalue weighted by atomic mass is 10.1. The number of nitrogens with one attached hydrogen (secondary N) is 1. The van der Waals surface area contributed by atoms with E-state index in [-0.39, 0.29) is 17.8 Å². The van der Waals surface area contributed by atoms with Crippen LogP contribution in [0.4, 0.5) is 5.69 Å². The molecule has 1 aromatic carbocycles. The Labute approximate surface area is 164 Å². The molecular weight excluding hydrogens is 397 g/mol. The van der Waals surface area contributed by atoms with E-state index in [1.54, 1.807) is 31.3 Å². The zero-order chi connectivity index (χ0) is 19.3. The van der Waals surface area contributed by atoms with Crippen molar-refractivity contribution in [3.05, 3.63) is 51.8 Å². The minimum absolute atomic E-state index is 0.227. The number of anilines is 1. The maximum absolute atomic E-state index is 11.4. The van der Waals surface area contributed by atoms with Gasteiger partial charge in [-0.1, -0.05) is 23.2 Å². The number of nitrogens with zero attached hydrogens (tertiary/aromatic N) is 3. The number of aromatic nitrogens is 1. The lowest BCUT2D eigenvalue weighted by Crippen LogP contribution is -2.26. The summed E-state index contributed by atoms with van der Waals surface area (Å²) in [5.74, 6) is 5.12. The van der Waals surface area contributed by atoms with Gasteiger partial charge in [0.05, 0.1) is 33.4 Å². The van der Waals surface area contributed by atoms with Crippen molar-refractivity contribution < 1.29 is 4.79 Å². The third-order valence-corrected chi connectivity index (χ3v) is 4.61. The van der Waals surface area contributed by atoms with Gasteiger partial charge in [0.15, 0.2) is 0 Å². The summed E-state index contributed by atoms with van der Waals surface area (Å²) in [6.07, 6.45) is 1.61. The van der Waals surface area contributed by atoms with Crippen LogP contribution < -0.4 is 22.0 Å². The van der Waals surface area contributed by atoms with E-state index in [0.29, 0.717) is 21.4 Å². The molecule has 1 heterocycles. The molecule has 138 valence electrons. The van der Waals surface area contributed by atoms with E-state index in [2.05, 4.69) is 14.8 Å². The number of nitrogens with two attached hydrogens (primary N) is 3. The summed E-state index contributed by atoms with van der Waals surface area (Å²) in [4.78, 5) is 16.5. The third-order valence-electron chi connectivity index (χ3n) is 3.06. The van der Waals surface area contributed by atoms with Crippen molar-refractivity contribution >= 4 is 52.6 Å². The first-order valence-corrected chi connectivity index (χ1v) is 8.81. The Kier molecular flexibility index (Phi) is 6.92. The van der Waals surface area contributed by atoms with Gasteiger partial charge >= 0.3 is 0 Å². The van der Waals surface area contributed by atoms with Gasteiger partial charge in [0.2, 0.25) is 5.91 Å². The first kappa shape index (κ1) is 20.1. The zero-order valence-corrected chi connectivity index (χ0v) is 16.1. The maximum atomic E-state index is 11.4. The quantitative estimate of drug-likeness (QED) is 0.179. The highest BCUT2D eigenvalue weighted by atomic mass is 35.5. The molecule has 0 bridgehead atoms. The molecule has 0 unspecified atom stereocenters. The molecule has 0 fully saturated rings. The number of hydrogen-bond acceptors (Lipinski definition) is 7. The van der Waals surface area contributed by atoms with Gasteiger partial charge in [0, 0.05) is 18.1 Å². The van der Waals surface area contributed by atoms with Crippen molar-refractivity contribution in [3.63, 3.8) is 0 Å². The Morgan fingerprint density at radius 1 is 1.31 bits per heavy atom. The van der Waals surface area contributed by atoms with Crippen LogP contribution in [0.3, 0.4) is 0 Å². The smallest absolute Gasteiger partial charge is 0.250 e. The number of benzene rings is 1. The van der Waals surface area contributed by atoms with Crippen LogP contribution in [0.5, 0.6) is 0 Å². The fraction of sp³-hybridized carbons (Fsp3) is 0.133. The Morgan fingerprint density at radius 2 is 2.04 bits per heavy atom. The Morgan fingerprint density at radius 3 is 2.65 bits per heavy atom. The van der Waals surface area contributed by atoms with E-state index < -0.39 is 5.91 Å². The van der Waals surface area contributed by atoms with Gasteiger partial charge in [-0.3, -0.25) is 9.78 Å². The van der Waals surface area contributed by atoms with Gasteiger partial charge in [0.25, 0.3) is 0 Å². The average Bonchev–Trinajstić information content (AvgIpc) is 2.56. The van der Waals surface area contributed by atoms with Crippen LogP contribution in [-0.2, 0) is 6.42 Å². The molecule has 2 rings (SSSR count). The second-order valence-corrected chi connectivity index (χ2v) is 6.90. The van der Waals surface area contributed by atoms with Crippen LogP contribution in [0.25, 0.3) is 0 Å². The van der Waals surface area contributed by atoms with Gasteiger partial charge in [-0.15, -0.1) is 5.10 Å². The molecule has 0 spiro atoms. The molecule has 1 amide bonds. The second-order valence-electron chi connectivity index (χ2n) is 5.20. The summed E-state index contributed by atoms with van der Waals surface area (Å²) in [6.45, 7) is 0. The van der Waals surface area contributed by atoms with Crippen LogP contribution in [0.1, 0.15) is 16.1 Å². The van der Waals surface area contributed by atoms with Gasteiger partial charge < -0.3 is 16.2 Å². The second kappa shape index (κ2) is 8.95. The number of hydrazine groups is 1. The van der Waals surface area contributed by atoms with E-state index in [1.807, 2.05) is 0 Å². The minimum Gasteiger partial charge on any atom is -0.385 e. The molecule has 0 saturated heterocycles. The molecule has 0 aliphatic carbocycles. The van der Waals surface area contributed by atoms with Crippen LogP contribution in [0.2, 0.25) is 10.0 Å². The fourth-order valence-corrected chi connectivity index (χ4v) is 3.00. The van der Waals surface area contributed by atoms with Crippen molar-refractivity contribution in [1.82, 2.24) is 10.1 Å². The molecule has 2 aromatic rings. The minimum atomic E-state index is -0.588. The Bertz CT molecular complexity index is 845. The van der Waals surface area contributed by atoms with Gasteiger partial charge in [-0.05, 0) is 36.2 Å². The maximum Gasteiger partial charge on any atom is 0.250 e. The number of hydrazone groups is 1. The highest BCUT2D eigenvalue weighted by Crippen LogP contribution is 2.29. The fourth-order valence-electron chi connectivity index (χ4n) is 1.92. The monoisotopic (exact) mass is 413 g/mol. The molecule has 1 aromatic heterocycles. The zero-order valence-electron chi connectivity index (χ0n) is 13.7. The number of halogens is 2. The summed E-state index contributed by atoms with van der Waals surface area (Å²) in [5.41, 5.74) is 12.6. The Hall–Kier alpha value is -2.20. The lowest BCUT2D eigenvalue weighted by Gasteiger charge is -2.13. The first-order chi connectivity index (χ1) is 12.3. The predicted octanol–water partition coefficient (Wildman–Crippen LogP) is 2.23. The molecule has 8 nitrogen and oxygen atoms in total. The van der Waals surface area contributed by atoms with Gasteiger partial charge in [-0.25, -0.2) is 11.0 Å². The standard InChI is InChI=1S/C15H17Cl2N7OS/c1-24(20)22-14(18)6-12-13(4-8(7-21-12)15(19)25)23-26-9-2-3-10(16)11(17)5-9/h2-5,7,23H,6,20H2,1H3,(H2,18,22)(H2,19,25). The van der Waals surface area contributed by atoms with Crippen molar-refractivity contribution in [2.75, 3.05) is 11.8 Å². The number of amides is 1. The van der Waals surface area contributed by atoms with E-state index >= 15 is 0 Å². The summed E-state index contributed by atoms with van der Waals surface area (Å²) in [6, 6.07) is 6.80. The van der Waals surface area contributed by atoms with Crippen molar-refractivity contribution in [2.24, 2.45) is 22.4 Å². The van der Waals surface area contributed by atoms with Crippen LogP contribution >= 0.6 is 35.1 Å². The largest absolute Gasteiger partial charge is 0.385 e. The lowest BCUT2D eigenvalue weighted by molar-refractivity contribution is 0.1000. The topological polar surface area (TPSA) is 136 Å². The molecule has 0 atom stereocenters. The van der Waals surface area contributed by atoms with Crippen LogP contribution in [0.15, 0.2) is 40.5 Å². The van der Waals surface area contributed by atoms with Crippen molar-refractivity contribution in [2.45, 2.75) is 11.3 Å². The molecule has 11 heteroatoms. The molecule has 0 saturated carbocycles. The number of carbonyl (C=O) groups excluding carboxylic acids is 1. The van der Waals surface area contributed by atoms with Crippen LogP contribution in [-0.4, -0.2) is 28.9 Å². The molecule has 7 N–H and O–H groups in total. The summed E-state index contributed by atoms with van der Waals surface area (Å²) >= 11 is 13.2. The van der Waals surface area contributed by atoms with Gasteiger partial charge in [0.1, 0.15) is 5.84 Å². The van der Waals surface area contributed by atoms with Crippen LogP contribution in [0, 0.1) is 0 Å². The number of hydrogen-bond donors (Lipinski definition) is 4. The molecule has 0 aliphatic rings. The SMILES string of the molecule is CN(N)/N=C(\N)Cc1ncc(C(N)=O)cc1NSc1ccc(Cl)c(Cl)c1. The number of amidine groups is 1. The highest BCUT2D eigenvalue weighted by molar-refractivity contribution is 8.00. The van der Waals surface area contributed by atoms with E-state index in [1.165, 1.54) is 18.1 Å². The highest BCUT2D eigenvalue weighted by Gasteiger charge is 2.12. The molecule has 0 aliphatic heterocycles. The van der Waals surface area contributed by atoms with E-state index in [0.717, 1.165) is 10.0 Å². The van der Waals surface area contributed by atoms with E-state index in [9.17, 15) is 4.79 Å². The molecular formula is C15H17Cl2N7OS. The molecule has 0 radical (unpaired) electrons. The summed E-state index contributed by atoms with van der Waals surface area (Å²) in [7, 11) is 1.55. The summed E-state index contributed by atoms with van der Waals surface area (Å²) in [5, 5.41) is 5.92. The summed E-state index contributed by atoms with van der Waals surface area (Å²) < 4.78 is 3.12. The Balaban J connectivity index is 2.26. The van der Waals surface area contributed by atoms with Gasteiger partial charge in [-0.2, -0.15) is 0 Å².